The minimum Gasteiger partial charge on any atom is -0.497 e. The number of hydrogen-bond donors (Lipinski definition) is 0. The Morgan fingerprint density at radius 1 is 0.952 bits per heavy atom. The average molecular weight is 284 g/mol. The molecule has 21 heavy (non-hydrogen) atoms. The molecule has 108 valence electrons. The Kier molecular flexibility index (Phi) is 2.87. The summed E-state index contributed by atoms with van der Waals surface area (Å²) < 4.78 is 23.5. The minimum absolute atomic E-state index is 0.658. The molecule has 0 amide bonds. The molecule has 2 aliphatic rings. The first kappa shape index (κ1) is 12.7. The lowest BCUT2D eigenvalue weighted by Gasteiger charge is -2.41. The van der Waals surface area contributed by atoms with Crippen molar-refractivity contribution >= 4 is 0 Å². The van der Waals surface area contributed by atoms with Crippen molar-refractivity contribution in [1.29, 1.82) is 0 Å². The molecular formula is C17H16O4. The van der Waals surface area contributed by atoms with Gasteiger partial charge in [0.25, 0.3) is 0 Å². The second-order valence-corrected chi connectivity index (χ2v) is 5.13. The summed E-state index contributed by atoms with van der Waals surface area (Å²) in [6.07, 6.45) is 0.893. The molecular weight excluding hydrogens is 268 g/mol. The van der Waals surface area contributed by atoms with Gasteiger partial charge in [0, 0.05) is 0 Å². The fraction of sp³-hybridized carbons (Fsp3) is 0.294. The van der Waals surface area contributed by atoms with Gasteiger partial charge in [-0.1, -0.05) is 12.1 Å². The van der Waals surface area contributed by atoms with Crippen molar-refractivity contribution < 1.29 is 18.9 Å². The minimum atomic E-state index is -0.892. The summed E-state index contributed by atoms with van der Waals surface area (Å²) in [6, 6.07) is 13.5. The van der Waals surface area contributed by atoms with Crippen molar-refractivity contribution in [3.05, 3.63) is 53.6 Å². The lowest BCUT2D eigenvalue weighted by atomic mass is 9.92. The summed E-state index contributed by atoms with van der Waals surface area (Å²) in [5, 5.41) is 0. The highest BCUT2D eigenvalue weighted by Gasteiger charge is 2.46. The van der Waals surface area contributed by atoms with Crippen molar-refractivity contribution in [3.63, 3.8) is 0 Å². The lowest BCUT2D eigenvalue weighted by molar-refractivity contribution is -0.252. The molecule has 1 spiro atoms. The summed E-state index contributed by atoms with van der Waals surface area (Å²) in [5.41, 5.74) is 1.77. The average Bonchev–Trinajstić information content (AvgIpc) is 2.56. The van der Waals surface area contributed by atoms with E-state index < -0.39 is 5.79 Å². The fourth-order valence-electron chi connectivity index (χ4n) is 2.92. The second-order valence-electron chi connectivity index (χ2n) is 5.13. The Hall–Kier alpha value is -2.04. The van der Waals surface area contributed by atoms with Gasteiger partial charge in [-0.2, -0.15) is 0 Å². The van der Waals surface area contributed by atoms with E-state index in [1.807, 2.05) is 42.5 Å². The molecule has 2 aromatic rings. The molecule has 0 unspecified atom stereocenters. The summed E-state index contributed by atoms with van der Waals surface area (Å²) in [4.78, 5) is 0. The highest BCUT2D eigenvalue weighted by molar-refractivity contribution is 5.56. The molecule has 2 heterocycles. The fourth-order valence-corrected chi connectivity index (χ4v) is 2.92. The number of ether oxygens (including phenoxy) is 4. The standard InChI is InChI=1S/C17H16O4/c1-18-12-7-8-16-14(11-12)17(19-9-4-10-20-17)13-5-2-3-6-15(13)21-16/h2-3,5-8,11H,4,9-10H2,1H3. The van der Waals surface area contributed by atoms with Crippen LogP contribution in [-0.4, -0.2) is 20.3 Å². The van der Waals surface area contributed by atoms with E-state index in [2.05, 4.69) is 0 Å². The van der Waals surface area contributed by atoms with Gasteiger partial charge < -0.3 is 18.9 Å². The molecule has 0 radical (unpaired) electrons. The Morgan fingerprint density at radius 3 is 2.52 bits per heavy atom. The van der Waals surface area contributed by atoms with Gasteiger partial charge in [0.2, 0.25) is 5.79 Å². The summed E-state index contributed by atoms with van der Waals surface area (Å²) in [6.45, 7) is 1.32. The number of benzene rings is 2. The van der Waals surface area contributed by atoms with Gasteiger partial charge in [-0.25, -0.2) is 0 Å². The third kappa shape index (κ3) is 1.83. The Bertz CT molecular complexity index is 674. The van der Waals surface area contributed by atoms with Gasteiger partial charge in [-0.05, 0) is 36.8 Å². The topological polar surface area (TPSA) is 36.9 Å². The van der Waals surface area contributed by atoms with Crippen LogP contribution in [0.15, 0.2) is 42.5 Å². The maximum atomic E-state index is 6.10. The second kappa shape index (κ2) is 4.76. The smallest absolute Gasteiger partial charge is 0.229 e. The van der Waals surface area contributed by atoms with Gasteiger partial charge in [-0.15, -0.1) is 0 Å². The maximum Gasteiger partial charge on any atom is 0.229 e. The first-order valence-electron chi connectivity index (χ1n) is 7.07. The number of hydrogen-bond acceptors (Lipinski definition) is 4. The van der Waals surface area contributed by atoms with E-state index >= 15 is 0 Å². The van der Waals surface area contributed by atoms with E-state index in [9.17, 15) is 0 Å². The van der Waals surface area contributed by atoms with Gasteiger partial charge in [0.1, 0.15) is 17.2 Å². The number of rotatable bonds is 1. The molecule has 2 aliphatic heterocycles. The number of fused-ring (bicyclic) bond motifs is 4. The molecule has 1 fully saturated rings. The zero-order valence-electron chi connectivity index (χ0n) is 11.8. The molecule has 4 rings (SSSR count). The summed E-state index contributed by atoms with van der Waals surface area (Å²) >= 11 is 0. The Balaban J connectivity index is 1.95. The van der Waals surface area contributed by atoms with E-state index in [4.69, 9.17) is 18.9 Å². The highest BCUT2D eigenvalue weighted by atomic mass is 16.7. The van der Waals surface area contributed by atoms with Crippen LogP contribution in [0.25, 0.3) is 0 Å². The third-order valence-corrected chi connectivity index (χ3v) is 3.90. The van der Waals surface area contributed by atoms with Crippen LogP contribution in [0.1, 0.15) is 17.5 Å². The van der Waals surface area contributed by atoms with Crippen molar-refractivity contribution in [2.75, 3.05) is 20.3 Å². The summed E-state index contributed by atoms with van der Waals surface area (Å²) in [7, 11) is 1.65. The van der Waals surface area contributed by atoms with Gasteiger partial charge in [0.05, 0.1) is 31.5 Å². The van der Waals surface area contributed by atoms with Crippen molar-refractivity contribution in [2.24, 2.45) is 0 Å². The molecule has 0 bridgehead atoms. The molecule has 0 atom stereocenters. The molecule has 4 heteroatoms. The predicted octanol–water partition coefficient (Wildman–Crippen LogP) is 3.44. The zero-order chi connectivity index (χ0) is 14.3. The van der Waals surface area contributed by atoms with E-state index in [0.717, 1.165) is 34.8 Å². The van der Waals surface area contributed by atoms with Crippen molar-refractivity contribution in [3.8, 4) is 17.2 Å². The van der Waals surface area contributed by atoms with E-state index in [-0.39, 0.29) is 0 Å². The van der Waals surface area contributed by atoms with E-state index in [1.54, 1.807) is 7.11 Å². The first-order chi connectivity index (χ1) is 10.3. The largest absolute Gasteiger partial charge is 0.497 e. The monoisotopic (exact) mass is 284 g/mol. The van der Waals surface area contributed by atoms with Crippen LogP contribution >= 0.6 is 0 Å². The maximum absolute atomic E-state index is 6.10. The molecule has 4 nitrogen and oxygen atoms in total. The Morgan fingerprint density at radius 2 is 1.71 bits per heavy atom. The molecule has 1 saturated heterocycles. The molecule has 2 aromatic carbocycles. The van der Waals surface area contributed by atoms with Crippen LogP contribution in [0, 0.1) is 0 Å². The van der Waals surface area contributed by atoms with E-state index in [1.165, 1.54) is 0 Å². The Labute approximate surface area is 123 Å². The SMILES string of the molecule is COc1ccc2c(c1)C1(OCCCO1)c1ccccc1O2. The highest BCUT2D eigenvalue weighted by Crippen LogP contribution is 2.51. The van der Waals surface area contributed by atoms with Gasteiger partial charge >= 0.3 is 0 Å². The predicted molar refractivity (Wildman–Crippen MR) is 76.8 cm³/mol. The number of methoxy groups -OCH3 is 1. The molecule has 0 saturated carbocycles. The van der Waals surface area contributed by atoms with Crippen molar-refractivity contribution in [1.82, 2.24) is 0 Å². The van der Waals surface area contributed by atoms with Crippen LogP contribution < -0.4 is 9.47 Å². The number of para-hydroxylation sites is 1. The molecule has 0 aromatic heterocycles. The molecule has 0 aliphatic carbocycles. The third-order valence-electron chi connectivity index (χ3n) is 3.90. The van der Waals surface area contributed by atoms with Crippen LogP contribution in [0.5, 0.6) is 17.2 Å². The van der Waals surface area contributed by atoms with Crippen LogP contribution in [0.2, 0.25) is 0 Å². The summed E-state index contributed by atoms with van der Waals surface area (Å²) in [5.74, 6) is 1.39. The van der Waals surface area contributed by atoms with Crippen LogP contribution in [-0.2, 0) is 15.3 Å². The normalized spacial score (nSPS) is 18.5. The van der Waals surface area contributed by atoms with Crippen LogP contribution in [0.4, 0.5) is 0 Å². The quantitative estimate of drug-likeness (QED) is 0.804. The van der Waals surface area contributed by atoms with Gasteiger partial charge in [-0.3, -0.25) is 0 Å². The van der Waals surface area contributed by atoms with Crippen molar-refractivity contribution in [2.45, 2.75) is 12.2 Å². The van der Waals surface area contributed by atoms with Crippen LogP contribution in [0.3, 0.4) is 0 Å². The lowest BCUT2D eigenvalue weighted by Crippen LogP contribution is -2.41. The molecule has 0 N–H and O–H groups in total. The first-order valence-corrected chi connectivity index (χ1v) is 7.07. The van der Waals surface area contributed by atoms with Gasteiger partial charge in [0.15, 0.2) is 0 Å². The van der Waals surface area contributed by atoms with E-state index in [0.29, 0.717) is 13.2 Å². The zero-order valence-corrected chi connectivity index (χ0v) is 11.8.